The maximum Gasteiger partial charge on any atom is 0.251 e. The third-order valence-corrected chi connectivity index (χ3v) is 6.84. The van der Waals surface area contributed by atoms with Crippen LogP contribution in [-0.2, 0) is 46.0 Å². The van der Waals surface area contributed by atoms with Crippen molar-refractivity contribution in [3.05, 3.63) is 106 Å². The summed E-state index contributed by atoms with van der Waals surface area (Å²) in [6, 6.07) is 20.2. The van der Waals surface area contributed by atoms with E-state index in [0.717, 1.165) is 16.7 Å². The van der Waals surface area contributed by atoms with Gasteiger partial charge in [-0.1, -0.05) is 72.8 Å². The molecule has 0 saturated carbocycles. The van der Waals surface area contributed by atoms with E-state index in [1.54, 1.807) is 135 Å². The van der Waals surface area contributed by atoms with Crippen molar-refractivity contribution in [2.75, 3.05) is 0 Å². The zero-order valence-electron chi connectivity index (χ0n) is 28.0. The van der Waals surface area contributed by atoms with Gasteiger partial charge in [0.25, 0.3) is 17.4 Å². The summed E-state index contributed by atoms with van der Waals surface area (Å²) in [7, 11) is 0. The van der Waals surface area contributed by atoms with Crippen LogP contribution < -0.4 is 0 Å². The molecular weight excluding hydrogens is 588 g/mol. The van der Waals surface area contributed by atoms with Crippen molar-refractivity contribution in [3.8, 4) is 0 Å². The third kappa shape index (κ3) is 9.03. The van der Waals surface area contributed by atoms with E-state index in [0.29, 0.717) is 18.9 Å². The first-order valence-corrected chi connectivity index (χ1v) is 15.0. The average molecular weight is 635 g/mol. The van der Waals surface area contributed by atoms with Crippen LogP contribution in [0.4, 0.5) is 0 Å². The second-order valence-electron chi connectivity index (χ2n) is 14.4. The molecule has 3 aromatic carbocycles. The molecular formula is C37H46O9. The molecule has 3 atom stereocenters. The Morgan fingerprint density at radius 1 is 0.435 bits per heavy atom. The maximum absolute atomic E-state index is 11.9. The van der Waals surface area contributed by atoms with Gasteiger partial charge in [-0.2, -0.15) is 0 Å². The Balaban J connectivity index is 2.13. The van der Waals surface area contributed by atoms with E-state index >= 15 is 0 Å². The fourth-order valence-electron chi connectivity index (χ4n) is 5.17. The lowest BCUT2D eigenvalue weighted by Crippen LogP contribution is -2.39. The number of rotatable bonds is 12. The summed E-state index contributed by atoms with van der Waals surface area (Å²) in [5, 5.41) is 33.0. The lowest BCUT2D eigenvalue weighted by molar-refractivity contribution is -0.239. The Bertz CT molecular complexity index is 1310. The Hall–Kier alpha value is -3.57. The van der Waals surface area contributed by atoms with Gasteiger partial charge in [-0.05, 0) is 79.0 Å². The van der Waals surface area contributed by atoms with Gasteiger partial charge in [-0.15, -0.1) is 0 Å². The second-order valence-corrected chi connectivity index (χ2v) is 14.4. The minimum atomic E-state index is -2.16. The first-order chi connectivity index (χ1) is 21.1. The molecule has 46 heavy (non-hydrogen) atoms. The quantitative estimate of drug-likeness (QED) is 0.137. The minimum absolute atomic E-state index is 0.247. The van der Waals surface area contributed by atoms with E-state index in [9.17, 15) is 29.7 Å². The molecule has 0 saturated heterocycles. The molecule has 0 aliphatic rings. The van der Waals surface area contributed by atoms with Gasteiger partial charge in [0.2, 0.25) is 0 Å². The lowest BCUT2D eigenvalue weighted by Gasteiger charge is -2.32. The van der Waals surface area contributed by atoms with Crippen molar-refractivity contribution < 1.29 is 43.9 Å². The number of aliphatic hydroxyl groups is 3. The summed E-state index contributed by atoms with van der Waals surface area (Å²) >= 11 is 0. The van der Waals surface area contributed by atoms with E-state index in [4.69, 9.17) is 14.2 Å². The standard InChI is InChI=1S/C37H46O9/c1-32(2,3)44-35(41,22-38)28-16-10-25(11-17-28)31(26-12-18-29(19-13-26)36(42,23-39)45-33(4,5)6)27-14-20-30(21-15-27)37(43,24-40)46-34(7,8)9/h10-24,31,41-43H,1-9H3. The smallest absolute Gasteiger partial charge is 0.251 e. The van der Waals surface area contributed by atoms with Crippen molar-refractivity contribution in [1.29, 1.82) is 0 Å². The summed E-state index contributed by atoms with van der Waals surface area (Å²) in [5.74, 6) is -6.91. The minimum Gasteiger partial charge on any atom is -0.356 e. The summed E-state index contributed by atoms with van der Waals surface area (Å²) in [6.07, 6.45) is 1.05. The van der Waals surface area contributed by atoms with Gasteiger partial charge < -0.3 is 29.5 Å². The Labute approximate surface area is 271 Å². The monoisotopic (exact) mass is 634 g/mol. The third-order valence-electron chi connectivity index (χ3n) is 6.84. The van der Waals surface area contributed by atoms with E-state index in [1.807, 2.05) is 0 Å². The van der Waals surface area contributed by atoms with Crippen molar-refractivity contribution in [2.24, 2.45) is 0 Å². The highest BCUT2D eigenvalue weighted by Crippen LogP contribution is 2.37. The molecule has 0 heterocycles. The average Bonchev–Trinajstić information content (AvgIpc) is 2.95. The number of ether oxygens (including phenoxy) is 3. The van der Waals surface area contributed by atoms with E-state index in [2.05, 4.69) is 0 Å². The Kier molecular flexibility index (Phi) is 10.6. The second kappa shape index (κ2) is 13.3. The van der Waals surface area contributed by atoms with Crippen LogP contribution in [0.3, 0.4) is 0 Å². The highest BCUT2D eigenvalue weighted by Gasteiger charge is 2.38. The van der Waals surface area contributed by atoms with Crippen LogP contribution in [-0.4, -0.2) is 51.0 Å². The van der Waals surface area contributed by atoms with Gasteiger partial charge in [-0.25, -0.2) is 0 Å². The first kappa shape index (κ1) is 36.9. The van der Waals surface area contributed by atoms with Crippen LogP contribution in [0.2, 0.25) is 0 Å². The van der Waals surface area contributed by atoms with Crippen LogP contribution in [0.25, 0.3) is 0 Å². The molecule has 0 aliphatic heterocycles. The number of carbonyl (C=O) groups is 3. The zero-order chi connectivity index (χ0) is 34.8. The molecule has 3 aromatic rings. The van der Waals surface area contributed by atoms with E-state index in [-0.39, 0.29) is 16.7 Å². The van der Waals surface area contributed by atoms with Crippen LogP contribution in [0.15, 0.2) is 72.8 Å². The summed E-state index contributed by atoms with van der Waals surface area (Å²) in [6.45, 7) is 15.6. The number of hydrogen-bond acceptors (Lipinski definition) is 9. The van der Waals surface area contributed by atoms with Gasteiger partial charge in [0.15, 0.2) is 18.9 Å². The molecule has 0 spiro atoms. The first-order valence-electron chi connectivity index (χ1n) is 15.0. The number of carbonyl (C=O) groups excluding carboxylic acids is 3. The molecule has 0 aromatic heterocycles. The Morgan fingerprint density at radius 2 is 0.630 bits per heavy atom. The molecule has 0 bridgehead atoms. The van der Waals surface area contributed by atoms with Crippen molar-refractivity contribution in [2.45, 2.75) is 102 Å². The largest absolute Gasteiger partial charge is 0.356 e. The van der Waals surface area contributed by atoms with Gasteiger partial charge >= 0.3 is 0 Å². The summed E-state index contributed by atoms with van der Waals surface area (Å²) in [5.41, 5.74) is 0.621. The molecule has 0 radical (unpaired) electrons. The van der Waals surface area contributed by atoms with Gasteiger partial charge in [0.05, 0.1) is 16.8 Å². The predicted molar refractivity (Wildman–Crippen MR) is 173 cm³/mol. The molecule has 3 N–H and O–H groups in total. The number of aldehydes is 3. The summed E-state index contributed by atoms with van der Waals surface area (Å²) < 4.78 is 17.0. The zero-order valence-corrected chi connectivity index (χ0v) is 28.0. The van der Waals surface area contributed by atoms with Crippen LogP contribution in [0.5, 0.6) is 0 Å². The normalized spacial score (nSPS) is 17.2. The molecule has 3 rings (SSSR count). The molecule has 0 fully saturated rings. The fraction of sp³-hybridized carbons (Fsp3) is 0.432. The summed E-state index contributed by atoms with van der Waals surface area (Å²) in [4.78, 5) is 35.8. The highest BCUT2D eigenvalue weighted by atomic mass is 16.7. The fourth-order valence-corrected chi connectivity index (χ4v) is 5.17. The van der Waals surface area contributed by atoms with Crippen molar-refractivity contribution in [3.63, 3.8) is 0 Å². The SMILES string of the molecule is CC(C)(C)OC(O)(C=O)c1ccc(C(c2ccc(C(O)(C=O)OC(C)(C)C)cc2)c2ccc(C(O)(C=O)OC(C)(C)C)cc2)cc1. The predicted octanol–water partition coefficient (Wildman–Crippen LogP) is 5.34. The molecule has 9 heteroatoms. The van der Waals surface area contributed by atoms with E-state index < -0.39 is 40.1 Å². The van der Waals surface area contributed by atoms with E-state index in [1.165, 1.54) is 0 Å². The van der Waals surface area contributed by atoms with Crippen LogP contribution in [0, 0.1) is 0 Å². The lowest BCUT2D eigenvalue weighted by atomic mass is 9.83. The topological polar surface area (TPSA) is 140 Å². The van der Waals surface area contributed by atoms with Crippen molar-refractivity contribution >= 4 is 18.9 Å². The van der Waals surface area contributed by atoms with Crippen LogP contribution >= 0.6 is 0 Å². The molecule has 3 unspecified atom stereocenters. The number of benzene rings is 3. The van der Waals surface area contributed by atoms with Gasteiger partial charge in [-0.3, -0.25) is 14.4 Å². The Morgan fingerprint density at radius 3 is 0.783 bits per heavy atom. The van der Waals surface area contributed by atoms with Crippen molar-refractivity contribution in [1.82, 2.24) is 0 Å². The maximum atomic E-state index is 11.9. The highest BCUT2D eigenvalue weighted by molar-refractivity contribution is 5.65. The van der Waals surface area contributed by atoms with Gasteiger partial charge in [0.1, 0.15) is 0 Å². The molecule has 0 amide bonds. The van der Waals surface area contributed by atoms with Crippen LogP contribution in [0.1, 0.15) is 102 Å². The molecule has 248 valence electrons. The molecule has 0 aliphatic carbocycles. The number of hydrogen-bond donors (Lipinski definition) is 3. The molecule has 9 nitrogen and oxygen atoms in total. The van der Waals surface area contributed by atoms with Gasteiger partial charge in [0, 0.05) is 22.6 Å².